The number of aromatic carboxylic acids is 1. The Morgan fingerprint density at radius 3 is 2.31 bits per heavy atom. The summed E-state index contributed by atoms with van der Waals surface area (Å²) in [7, 11) is -1.86. The molecule has 7 nitrogen and oxygen atoms in total. The fourth-order valence-corrected chi connectivity index (χ4v) is 3.63. The molecule has 0 fully saturated rings. The topological polar surface area (TPSA) is 110 Å². The van der Waals surface area contributed by atoms with Crippen molar-refractivity contribution in [2.45, 2.75) is 17.7 Å². The summed E-state index contributed by atoms with van der Waals surface area (Å²) in [4.78, 5) is 11.2. The van der Waals surface area contributed by atoms with Crippen molar-refractivity contribution >= 4 is 15.8 Å². The summed E-state index contributed by atoms with van der Waals surface area (Å²) < 4.78 is 34.9. The summed E-state index contributed by atoms with van der Waals surface area (Å²) in [5, 5.41) is 18.4. The summed E-state index contributed by atoms with van der Waals surface area (Å²) in [5.74, 6) is -0.710. The van der Waals surface area contributed by atoms with Crippen LogP contribution in [0.3, 0.4) is 0 Å². The third-order valence-corrected chi connectivity index (χ3v) is 5.51. The van der Waals surface area contributed by atoms with Gasteiger partial charge in [0.25, 0.3) is 0 Å². The highest BCUT2D eigenvalue weighted by Gasteiger charge is 2.14. The molecule has 0 spiro atoms. The first-order valence-corrected chi connectivity index (χ1v) is 9.54. The summed E-state index contributed by atoms with van der Waals surface area (Å²) in [5.41, 5.74) is -0.246. The van der Waals surface area contributed by atoms with Gasteiger partial charge in [0.05, 0.1) is 24.4 Å². The first-order valence-electron chi connectivity index (χ1n) is 7.89. The molecule has 0 saturated heterocycles. The number of unbranched alkanes of at least 4 members (excludes halogenated alkanes) is 1. The highest BCUT2D eigenvalue weighted by atomic mass is 32.2. The van der Waals surface area contributed by atoms with Crippen molar-refractivity contribution in [3.05, 3.63) is 48.0 Å². The lowest BCUT2D eigenvalue weighted by molar-refractivity contribution is 0.0693. The molecule has 140 valence electrons. The van der Waals surface area contributed by atoms with Gasteiger partial charge in [-0.1, -0.05) is 0 Å². The zero-order valence-electron chi connectivity index (χ0n) is 14.2. The van der Waals surface area contributed by atoms with Crippen molar-refractivity contribution in [2.75, 3.05) is 19.5 Å². The normalized spacial score (nSPS) is 11.1. The van der Waals surface area contributed by atoms with Gasteiger partial charge in [-0.2, -0.15) is 0 Å². The third-order valence-electron chi connectivity index (χ3n) is 3.69. The quantitative estimate of drug-likeness (QED) is 0.644. The van der Waals surface area contributed by atoms with Crippen LogP contribution in [-0.2, 0) is 9.84 Å². The lowest BCUT2D eigenvalue weighted by atomic mass is 10.2. The molecule has 0 unspecified atom stereocenters. The van der Waals surface area contributed by atoms with E-state index in [1.54, 1.807) is 12.1 Å². The van der Waals surface area contributed by atoms with E-state index in [1.807, 2.05) is 0 Å². The molecule has 2 N–H and O–H groups in total. The Hall–Kier alpha value is -2.74. The number of sulfone groups is 1. The predicted molar refractivity (Wildman–Crippen MR) is 94.8 cm³/mol. The van der Waals surface area contributed by atoms with Crippen molar-refractivity contribution in [2.24, 2.45) is 0 Å². The van der Waals surface area contributed by atoms with Crippen LogP contribution in [0.25, 0.3) is 0 Å². The van der Waals surface area contributed by atoms with Crippen LogP contribution in [0, 0.1) is 0 Å². The van der Waals surface area contributed by atoms with Crippen LogP contribution in [0.5, 0.6) is 17.2 Å². The second kappa shape index (κ2) is 8.57. The molecular formula is C18H20O7S. The zero-order chi connectivity index (χ0) is 19.2. The number of ether oxygens (including phenoxy) is 2. The summed E-state index contributed by atoms with van der Waals surface area (Å²) in [6.45, 7) is 0.238. The van der Waals surface area contributed by atoms with Crippen LogP contribution >= 0.6 is 0 Å². The van der Waals surface area contributed by atoms with Gasteiger partial charge in [-0.15, -0.1) is 0 Å². The van der Waals surface area contributed by atoms with Crippen molar-refractivity contribution in [3.8, 4) is 17.2 Å². The SMILES string of the molecule is COc1ccc(S(=O)(=O)CCCCOc2ccc(O)c(C(=O)O)c2)cc1. The van der Waals surface area contributed by atoms with Gasteiger partial charge in [-0.05, 0) is 55.3 Å². The molecule has 0 bridgehead atoms. The number of carboxylic acid groups (broad SMARTS) is 1. The number of hydrogen-bond donors (Lipinski definition) is 2. The van der Waals surface area contributed by atoms with Gasteiger partial charge in [0.1, 0.15) is 22.8 Å². The zero-order valence-corrected chi connectivity index (χ0v) is 15.0. The average molecular weight is 380 g/mol. The van der Waals surface area contributed by atoms with Crippen LogP contribution < -0.4 is 9.47 Å². The molecule has 2 aromatic carbocycles. The first-order chi connectivity index (χ1) is 12.3. The van der Waals surface area contributed by atoms with E-state index < -0.39 is 15.8 Å². The Labute approximate surface area is 151 Å². The van der Waals surface area contributed by atoms with E-state index in [4.69, 9.17) is 14.6 Å². The van der Waals surface area contributed by atoms with Crippen LogP contribution in [-0.4, -0.2) is 44.1 Å². The Morgan fingerprint density at radius 2 is 1.69 bits per heavy atom. The molecule has 0 radical (unpaired) electrons. The van der Waals surface area contributed by atoms with Crippen molar-refractivity contribution < 1.29 is 32.9 Å². The van der Waals surface area contributed by atoms with Gasteiger partial charge in [-0.3, -0.25) is 0 Å². The van der Waals surface area contributed by atoms with Gasteiger partial charge in [0, 0.05) is 0 Å². The maximum absolute atomic E-state index is 12.2. The molecule has 2 rings (SSSR count). The van der Waals surface area contributed by atoms with Crippen molar-refractivity contribution in [1.82, 2.24) is 0 Å². The van der Waals surface area contributed by atoms with E-state index in [0.717, 1.165) is 0 Å². The van der Waals surface area contributed by atoms with Gasteiger partial charge in [-0.25, -0.2) is 13.2 Å². The molecule has 0 atom stereocenters. The van der Waals surface area contributed by atoms with E-state index >= 15 is 0 Å². The van der Waals surface area contributed by atoms with Crippen LogP contribution in [0.2, 0.25) is 0 Å². The number of rotatable bonds is 9. The largest absolute Gasteiger partial charge is 0.507 e. The van der Waals surface area contributed by atoms with Gasteiger partial charge >= 0.3 is 5.97 Å². The minimum Gasteiger partial charge on any atom is -0.507 e. The lowest BCUT2D eigenvalue weighted by Gasteiger charge is -2.08. The highest BCUT2D eigenvalue weighted by Crippen LogP contribution is 2.23. The summed E-state index contributed by atoms with van der Waals surface area (Å²) in [6, 6.07) is 10.1. The molecule has 0 aliphatic carbocycles. The van der Waals surface area contributed by atoms with Crippen LogP contribution in [0.1, 0.15) is 23.2 Å². The number of methoxy groups -OCH3 is 1. The maximum Gasteiger partial charge on any atom is 0.339 e. The number of carboxylic acids is 1. The second-order valence-corrected chi connectivity index (χ2v) is 7.64. The fraction of sp³-hybridized carbons (Fsp3) is 0.278. The predicted octanol–water partition coefficient (Wildman–Crippen LogP) is 2.73. The minimum atomic E-state index is -3.38. The number of carbonyl (C=O) groups is 1. The second-order valence-electron chi connectivity index (χ2n) is 5.53. The first kappa shape index (κ1) is 19.6. The number of phenols is 1. The lowest BCUT2D eigenvalue weighted by Crippen LogP contribution is -2.08. The highest BCUT2D eigenvalue weighted by molar-refractivity contribution is 7.91. The maximum atomic E-state index is 12.2. The van der Waals surface area contributed by atoms with E-state index in [2.05, 4.69) is 0 Å². The Bertz CT molecular complexity index is 858. The minimum absolute atomic E-state index is 0.0152. The van der Waals surface area contributed by atoms with Crippen LogP contribution in [0.15, 0.2) is 47.4 Å². The molecule has 8 heteroatoms. The fourth-order valence-electron chi connectivity index (χ4n) is 2.26. The molecule has 0 aromatic heterocycles. The van der Waals surface area contributed by atoms with E-state index in [1.165, 1.54) is 37.4 Å². The number of aromatic hydroxyl groups is 1. The average Bonchev–Trinajstić information content (AvgIpc) is 2.62. The molecule has 0 saturated carbocycles. The van der Waals surface area contributed by atoms with E-state index in [0.29, 0.717) is 24.3 Å². The summed E-state index contributed by atoms with van der Waals surface area (Å²) >= 11 is 0. The van der Waals surface area contributed by atoms with Crippen molar-refractivity contribution in [1.29, 1.82) is 0 Å². The van der Waals surface area contributed by atoms with Gasteiger partial charge < -0.3 is 19.7 Å². The van der Waals surface area contributed by atoms with E-state index in [-0.39, 0.29) is 28.6 Å². The van der Waals surface area contributed by atoms with Gasteiger partial charge in [0.15, 0.2) is 9.84 Å². The van der Waals surface area contributed by atoms with E-state index in [9.17, 15) is 18.3 Å². The smallest absolute Gasteiger partial charge is 0.339 e. The monoisotopic (exact) mass is 380 g/mol. The Kier molecular flexibility index (Phi) is 6.46. The number of benzene rings is 2. The standard InChI is InChI=1S/C18H20O7S/c1-24-13-4-7-15(8-5-13)26(22,23)11-3-2-10-25-14-6-9-17(19)16(12-14)18(20)21/h4-9,12,19H,2-3,10-11H2,1H3,(H,20,21). The molecule has 0 heterocycles. The Balaban J connectivity index is 1.83. The molecule has 0 aliphatic rings. The Morgan fingerprint density at radius 1 is 1.04 bits per heavy atom. The molecular weight excluding hydrogens is 360 g/mol. The molecule has 26 heavy (non-hydrogen) atoms. The molecule has 0 amide bonds. The van der Waals surface area contributed by atoms with Gasteiger partial charge in [0.2, 0.25) is 0 Å². The number of hydrogen-bond acceptors (Lipinski definition) is 6. The third kappa shape index (κ3) is 5.13. The van der Waals surface area contributed by atoms with Crippen LogP contribution in [0.4, 0.5) is 0 Å². The summed E-state index contributed by atoms with van der Waals surface area (Å²) in [6.07, 6.45) is 0.886. The molecule has 0 aliphatic heterocycles. The van der Waals surface area contributed by atoms with Crippen molar-refractivity contribution in [3.63, 3.8) is 0 Å². The molecule has 2 aromatic rings.